The van der Waals surface area contributed by atoms with E-state index in [2.05, 4.69) is 77.9 Å². The van der Waals surface area contributed by atoms with E-state index in [1.807, 2.05) is 54.5 Å². The molecular weight excluding hydrogens is 711 g/mol. The molecule has 2 aromatic carbocycles. The standard InChI is InChI=1S/C26H28N3.C11H20O2.Ir/c1-15(2)25-28-23(19-9-8-10-20(14-19)26(5,6)7)21-12-11-18-13-16(3)27-17(4)22(18)24(21)29-25;1-10(2,3)8(12)7-9(13)11(4,5)6;/h8,10-15H,1-7H3;7,12H,1-6H3;/q-1;;/b;8-7-;. The van der Waals surface area contributed by atoms with E-state index in [1.165, 1.54) is 17.0 Å². The van der Waals surface area contributed by atoms with Crippen LogP contribution in [0.3, 0.4) is 0 Å². The summed E-state index contributed by atoms with van der Waals surface area (Å²) in [6.07, 6.45) is 1.33. The fourth-order valence-corrected chi connectivity index (χ4v) is 4.40. The predicted octanol–water partition coefficient (Wildman–Crippen LogP) is 9.77. The third-order valence-electron chi connectivity index (χ3n) is 7.20. The zero-order valence-corrected chi connectivity index (χ0v) is 30.5. The molecule has 0 spiro atoms. The van der Waals surface area contributed by atoms with Crippen LogP contribution in [0.1, 0.15) is 105 Å². The van der Waals surface area contributed by atoms with Crippen LogP contribution in [0, 0.1) is 30.7 Å². The minimum absolute atomic E-state index is 0. The van der Waals surface area contributed by atoms with Crippen LogP contribution in [0.25, 0.3) is 32.9 Å². The number of benzene rings is 2. The number of allylic oxidation sites excluding steroid dienone is 2. The molecule has 0 saturated heterocycles. The Balaban J connectivity index is 0.000000394. The summed E-state index contributed by atoms with van der Waals surface area (Å²) in [7, 11) is 0. The van der Waals surface area contributed by atoms with Gasteiger partial charge in [0.15, 0.2) is 5.78 Å². The molecule has 2 heterocycles. The molecule has 2 aromatic heterocycles. The van der Waals surface area contributed by atoms with Crippen LogP contribution in [0.4, 0.5) is 0 Å². The number of nitrogens with zero attached hydrogens (tertiary/aromatic N) is 3. The van der Waals surface area contributed by atoms with Crippen LogP contribution < -0.4 is 0 Å². The van der Waals surface area contributed by atoms with Gasteiger partial charge in [-0.05, 0) is 41.8 Å². The molecule has 1 N–H and O–H groups in total. The maximum Gasteiger partial charge on any atom is 0.164 e. The van der Waals surface area contributed by atoms with E-state index in [-0.39, 0.29) is 48.4 Å². The summed E-state index contributed by atoms with van der Waals surface area (Å²) in [6.45, 7) is 26.2. The van der Waals surface area contributed by atoms with Gasteiger partial charge < -0.3 is 5.11 Å². The van der Waals surface area contributed by atoms with E-state index in [4.69, 9.17) is 15.0 Å². The number of aryl methyl sites for hydroxylation is 2. The number of carbonyl (C=O) groups is 1. The summed E-state index contributed by atoms with van der Waals surface area (Å²) in [5.41, 5.74) is 5.57. The summed E-state index contributed by atoms with van der Waals surface area (Å²) in [5.74, 6) is 1.19. The summed E-state index contributed by atoms with van der Waals surface area (Å²) >= 11 is 0. The molecule has 0 atom stereocenters. The molecule has 1 radical (unpaired) electrons. The third-order valence-corrected chi connectivity index (χ3v) is 7.20. The zero-order chi connectivity index (χ0) is 31.8. The fourth-order valence-electron chi connectivity index (χ4n) is 4.40. The van der Waals surface area contributed by atoms with Gasteiger partial charge in [-0.15, -0.1) is 35.4 Å². The first-order valence-electron chi connectivity index (χ1n) is 14.8. The smallest absolute Gasteiger partial charge is 0.164 e. The number of aliphatic hydroxyl groups is 1. The minimum Gasteiger partial charge on any atom is -0.512 e. The number of carbonyl (C=O) groups excluding carboxylic acids is 1. The zero-order valence-electron chi connectivity index (χ0n) is 28.1. The Morgan fingerprint density at radius 2 is 1.51 bits per heavy atom. The second-order valence-corrected chi connectivity index (χ2v) is 14.6. The molecule has 0 unspecified atom stereocenters. The molecule has 4 rings (SSSR count). The van der Waals surface area contributed by atoms with Gasteiger partial charge in [0.05, 0.1) is 5.52 Å². The molecule has 0 fully saturated rings. The van der Waals surface area contributed by atoms with Crippen LogP contribution in [0.15, 0.2) is 48.2 Å². The van der Waals surface area contributed by atoms with E-state index < -0.39 is 5.41 Å². The van der Waals surface area contributed by atoms with Gasteiger partial charge >= 0.3 is 0 Å². The number of pyridine rings is 1. The van der Waals surface area contributed by atoms with Gasteiger partial charge in [-0.1, -0.05) is 88.3 Å². The van der Waals surface area contributed by atoms with Crippen LogP contribution in [0.5, 0.6) is 0 Å². The van der Waals surface area contributed by atoms with Crippen molar-refractivity contribution in [3.63, 3.8) is 0 Å². The Kier molecular flexibility index (Phi) is 11.3. The second-order valence-electron chi connectivity index (χ2n) is 14.6. The summed E-state index contributed by atoms with van der Waals surface area (Å²) < 4.78 is 0. The van der Waals surface area contributed by atoms with Gasteiger partial charge in [-0.25, -0.2) is 4.98 Å². The number of fused-ring (bicyclic) bond motifs is 3. The van der Waals surface area contributed by atoms with E-state index in [0.29, 0.717) is 0 Å². The first-order valence-corrected chi connectivity index (χ1v) is 14.8. The second kappa shape index (κ2) is 13.4. The molecule has 0 bridgehead atoms. The largest absolute Gasteiger partial charge is 0.512 e. The van der Waals surface area contributed by atoms with Crippen molar-refractivity contribution in [2.45, 2.75) is 101 Å². The van der Waals surface area contributed by atoms with Crippen LogP contribution in [0.2, 0.25) is 0 Å². The van der Waals surface area contributed by atoms with E-state index in [1.54, 1.807) is 0 Å². The van der Waals surface area contributed by atoms with Crippen molar-refractivity contribution >= 4 is 27.5 Å². The molecule has 0 aliphatic rings. The average molecular weight is 759 g/mol. The average Bonchev–Trinajstić information content (AvgIpc) is 2.86. The molecule has 43 heavy (non-hydrogen) atoms. The van der Waals surface area contributed by atoms with Crippen molar-refractivity contribution in [1.82, 2.24) is 15.0 Å². The van der Waals surface area contributed by atoms with Crippen molar-refractivity contribution < 1.29 is 30.0 Å². The number of ketones is 1. The summed E-state index contributed by atoms with van der Waals surface area (Å²) in [5, 5.41) is 12.9. The maximum atomic E-state index is 11.5. The van der Waals surface area contributed by atoms with Gasteiger partial charge in [0, 0.05) is 59.7 Å². The van der Waals surface area contributed by atoms with Crippen LogP contribution >= 0.6 is 0 Å². The number of hydrogen-bond donors (Lipinski definition) is 1. The monoisotopic (exact) mass is 759 g/mol. The summed E-state index contributed by atoms with van der Waals surface area (Å²) in [6, 6.07) is 16.2. The van der Waals surface area contributed by atoms with Crippen molar-refractivity contribution in [2.24, 2.45) is 10.8 Å². The van der Waals surface area contributed by atoms with Gasteiger partial charge in [0.1, 0.15) is 11.6 Å². The number of hydrogen-bond acceptors (Lipinski definition) is 5. The van der Waals surface area contributed by atoms with Crippen molar-refractivity contribution in [2.75, 3.05) is 0 Å². The van der Waals surface area contributed by atoms with Crippen molar-refractivity contribution in [3.8, 4) is 11.3 Å². The SMILES string of the molecule is CC(C)(C)C(=O)/C=C(\O)C(C)(C)C.Cc1cc2ccc3c(-c4[c-]ccc(C(C)(C)C)c4)nc(C(C)C)nc3c2c(C)n1.[Ir]. The van der Waals surface area contributed by atoms with E-state index in [0.717, 1.165) is 44.8 Å². The van der Waals surface area contributed by atoms with Crippen molar-refractivity contribution in [1.29, 1.82) is 0 Å². The van der Waals surface area contributed by atoms with Crippen LogP contribution in [-0.2, 0) is 30.3 Å². The Morgan fingerprint density at radius 3 is 2.05 bits per heavy atom. The fraction of sp³-hybridized carbons (Fsp3) is 0.459. The maximum absolute atomic E-state index is 11.5. The molecule has 0 aliphatic carbocycles. The van der Waals surface area contributed by atoms with E-state index >= 15 is 0 Å². The molecule has 0 saturated carbocycles. The Morgan fingerprint density at radius 1 is 0.884 bits per heavy atom. The topological polar surface area (TPSA) is 76.0 Å². The van der Waals surface area contributed by atoms with E-state index in [9.17, 15) is 9.90 Å². The molecule has 4 aromatic rings. The molecule has 233 valence electrons. The molecular formula is C37H48IrN3O2-. The first-order chi connectivity index (χ1) is 19.2. The molecule has 6 heteroatoms. The number of rotatable bonds is 3. The molecule has 0 aliphatic heterocycles. The Labute approximate surface area is 272 Å². The predicted molar refractivity (Wildman–Crippen MR) is 176 cm³/mol. The Bertz CT molecular complexity index is 1650. The number of aromatic nitrogens is 3. The quantitative estimate of drug-likeness (QED) is 0.0975. The van der Waals surface area contributed by atoms with Gasteiger partial charge in [0.2, 0.25) is 0 Å². The minimum atomic E-state index is -0.417. The molecule has 0 amide bonds. The van der Waals surface area contributed by atoms with Gasteiger partial charge in [0.25, 0.3) is 0 Å². The van der Waals surface area contributed by atoms with Crippen molar-refractivity contribution in [3.05, 3.63) is 77.1 Å². The third kappa shape index (κ3) is 8.80. The number of aliphatic hydroxyl groups excluding tert-OH is 1. The Hall–Kier alpha value is -2.95. The first kappa shape index (κ1) is 36.2. The molecule has 5 nitrogen and oxygen atoms in total. The van der Waals surface area contributed by atoms with Crippen LogP contribution in [-0.4, -0.2) is 25.8 Å². The summed E-state index contributed by atoms with van der Waals surface area (Å²) in [4.78, 5) is 26.2. The van der Waals surface area contributed by atoms with Gasteiger partial charge in [-0.2, -0.15) is 0 Å². The normalized spacial score (nSPS) is 12.7. The van der Waals surface area contributed by atoms with Gasteiger partial charge in [-0.3, -0.25) is 14.8 Å².